The maximum atomic E-state index is 14.1. The number of rotatable bonds is 10. The van der Waals surface area contributed by atoms with E-state index in [4.69, 9.17) is 16.6 Å². The lowest BCUT2D eigenvalue weighted by Crippen LogP contribution is -2.34. The van der Waals surface area contributed by atoms with Crippen LogP contribution in [0, 0.1) is 5.82 Å². The normalized spacial score (nSPS) is 17.1. The fourth-order valence-electron chi connectivity index (χ4n) is 4.00. The monoisotopic (exact) mass is 482 g/mol. The summed E-state index contributed by atoms with van der Waals surface area (Å²) in [7, 11) is 0. The van der Waals surface area contributed by atoms with Crippen molar-refractivity contribution in [3.8, 4) is 0 Å². The van der Waals surface area contributed by atoms with E-state index in [1.807, 2.05) is 54.2 Å². The molecule has 0 spiro atoms. The fraction of sp³-hybridized carbons (Fsp3) is 0.346. The number of hydrogen-bond acceptors (Lipinski definition) is 6. The lowest BCUT2D eigenvalue weighted by atomic mass is 10.0. The molecular formula is C26H32ClFN6. The highest BCUT2D eigenvalue weighted by molar-refractivity contribution is 6.30. The molecule has 34 heavy (non-hydrogen) atoms. The average Bonchev–Trinajstić information content (AvgIpc) is 3.19. The van der Waals surface area contributed by atoms with Gasteiger partial charge in [0.2, 0.25) is 5.95 Å². The molecule has 1 aromatic carbocycles. The Morgan fingerprint density at radius 3 is 2.82 bits per heavy atom. The van der Waals surface area contributed by atoms with Gasteiger partial charge in [-0.3, -0.25) is 5.01 Å². The number of benzene rings is 1. The molecule has 0 amide bonds. The molecule has 8 heteroatoms. The van der Waals surface area contributed by atoms with Crippen molar-refractivity contribution in [3.05, 3.63) is 83.7 Å². The Balaban J connectivity index is 1.78. The third-order valence-corrected chi connectivity index (χ3v) is 6.05. The Morgan fingerprint density at radius 2 is 2.18 bits per heavy atom. The Kier molecular flexibility index (Phi) is 8.82. The Labute approximate surface area is 206 Å². The van der Waals surface area contributed by atoms with E-state index in [2.05, 4.69) is 35.8 Å². The van der Waals surface area contributed by atoms with Gasteiger partial charge >= 0.3 is 0 Å². The summed E-state index contributed by atoms with van der Waals surface area (Å²) in [6.45, 7) is 12.9. The molecule has 0 aliphatic carbocycles. The summed E-state index contributed by atoms with van der Waals surface area (Å²) in [6.07, 6.45) is 11.0. The Morgan fingerprint density at radius 1 is 1.38 bits per heavy atom. The summed E-state index contributed by atoms with van der Waals surface area (Å²) in [4.78, 5) is 11.1. The van der Waals surface area contributed by atoms with E-state index in [9.17, 15) is 4.39 Å². The average molecular weight is 483 g/mol. The van der Waals surface area contributed by atoms with Crippen LogP contribution in [-0.4, -0.2) is 38.3 Å². The highest BCUT2D eigenvalue weighted by atomic mass is 35.5. The quantitative estimate of drug-likeness (QED) is 0.385. The molecule has 2 aromatic rings. The molecule has 2 atom stereocenters. The third kappa shape index (κ3) is 6.03. The van der Waals surface area contributed by atoms with Crippen molar-refractivity contribution < 1.29 is 4.39 Å². The van der Waals surface area contributed by atoms with Crippen molar-refractivity contribution >= 4 is 28.8 Å². The summed E-state index contributed by atoms with van der Waals surface area (Å²) in [5, 5.41) is 10.1. The second-order valence-corrected chi connectivity index (χ2v) is 8.42. The van der Waals surface area contributed by atoms with Crippen molar-refractivity contribution in [3.63, 3.8) is 0 Å². The minimum atomic E-state index is -0.426. The zero-order chi connectivity index (χ0) is 24.7. The van der Waals surface area contributed by atoms with Gasteiger partial charge in [0.1, 0.15) is 12.0 Å². The molecule has 1 aromatic heterocycles. The lowest BCUT2D eigenvalue weighted by Gasteiger charge is -2.27. The molecule has 180 valence electrons. The Bertz CT molecular complexity index is 1100. The third-order valence-electron chi connectivity index (χ3n) is 5.74. The van der Waals surface area contributed by atoms with Crippen LogP contribution in [0.4, 0.5) is 10.3 Å². The van der Waals surface area contributed by atoms with Crippen LogP contribution in [0.5, 0.6) is 0 Å². The topological polar surface area (TPSA) is 56.7 Å². The van der Waals surface area contributed by atoms with E-state index in [1.54, 1.807) is 18.5 Å². The van der Waals surface area contributed by atoms with Crippen molar-refractivity contribution in [2.75, 3.05) is 11.9 Å². The van der Waals surface area contributed by atoms with Gasteiger partial charge in [0.05, 0.1) is 16.8 Å². The molecular weight excluding hydrogens is 451 g/mol. The number of hydrogen-bond donors (Lipinski definition) is 1. The first-order valence-corrected chi connectivity index (χ1v) is 11.9. The summed E-state index contributed by atoms with van der Waals surface area (Å²) in [6, 6.07) is 6.71. The maximum Gasteiger partial charge on any atom is 0.224 e. The van der Waals surface area contributed by atoms with E-state index in [1.165, 1.54) is 6.07 Å². The van der Waals surface area contributed by atoms with Crippen molar-refractivity contribution in [2.45, 2.75) is 52.7 Å². The standard InChI is InChI=1S/C26H32ClFN6/c1-6-19(13-15-33(8-3)24(7-2)20-10-11-21(27)22(28)17-20)23-12-14-29-26(30-23)31-25-16-18(5)32-34(25)9-4/h6,8,10-15,17,24-25H,3,7,9,16H2,1-2,4-5H3,(H,29,30,31)/b15-13-,19-6+. The van der Waals surface area contributed by atoms with Gasteiger partial charge in [-0.1, -0.05) is 37.2 Å². The van der Waals surface area contributed by atoms with Gasteiger partial charge < -0.3 is 10.2 Å². The summed E-state index contributed by atoms with van der Waals surface area (Å²) >= 11 is 5.86. The van der Waals surface area contributed by atoms with Gasteiger partial charge in [0, 0.05) is 31.1 Å². The molecule has 2 unspecified atom stereocenters. The van der Waals surface area contributed by atoms with Gasteiger partial charge in [0.15, 0.2) is 0 Å². The van der Waals surface area contributed by atoms with E-state index in [0.29, 0.717) is 5.95 Å². The molecule has 2 heterocycles. The van der Waals surface area contributed by atoms with Crippen LogP contribution in [-0.2, 0) is 0 Å². The van der Waals surface area contributed by atoms with Gasteiger partial charge in [-0.05, 0) is 68.8 Å². The van der Waals surface area contributed by atoms with E-state index in [0.717, 1.165) is 41.9 Å². The molecule has 0 saturated carbocycles. The second-order valence-electron chi connectivity index (χ2n) is 8.01. The van der Waals surface area contributed by atoms with Crippen LogP contribution in [0.1, 0.15) is 57.8 Å². The highest BCUT2D eigenvalue weighted by Crippen LogP contribution is 2.28. The number of hydrazone groups is 1. The number of nitrogens with zero attached hydrogens (tertiary/aromatic N) is 5. The number of halogens is 2. The van der Waals surface area contributed by atoms with Crippen LogP contribution in [0.3, 0.4) is 0 Å². The first-order chi connectivity index (χ1) is 16.4. The van der Waals surface area contributed by atoms with Gasteiger partial charge in [-0.2, -0.15) is 5.10 Å². The molecule has 0 radical (unpaired) electrons. The minimum Gasteiger partial charge on any atom is -0.347 e. The highest BCUT2D eigenvalue weighted by Gasteiger charge is 2.23. The van der Waals surface area contributed by atoms with Crippen LogP contribution in [0.25, 0.3) is 5.57 Å². The lowest BCUT2D eigenvalue weighted by molar-refractivity contribution is 0.265. The summed E-state index contributed by atoms with van der Waals surface area (Å²) < 4.78 is 14.1. The van der Waals surface area contributed by atoms with Gasteiger partial charge in [0.25, 0.3) is 0 Å². The molecule has 0 saturated heterocycles. The molecule has 1 aliphatic heterocycles. The van der Waals surface area contributed by atoms with Crippen molar-refractivity contribution in [1.82, 2.24) is 19.9 Å². The van der Waals surface area contributed by atoms with Crippen LogP contribution in [0.2, 0.25) is 5.02 Å². The minimum absolute atomic E-state index is 0.0474. The molecule has 6 nitrogen and oxygen atoms in total. The molecule has 3 rings (SSSR count). The Hall–Kier alpha value is -3.19. The zero-order valence-electron chi connectivity index (χ0n) is 20.2. The predicted molar refractivity (Wildman–Crippen MR) is 139 cm³/mol. The zero-order valence-corrected chi connectivity index (χ0v) is 20.9. The molecule has 1 N–H and O–H groups in total. The van der Waals surface area contributed by atoms with Gasteiger partial charge in [-0.25, -0.2) is 14.4 Å². The predicted octanol–water partition coefficient (Wildman–Crippen LogP) is 6.62. The SMILES string of the molecule is C=CN(/C=C\C(=C/C)c1ccnc(NC2CC(C)=NN2CC)n1)C(CC)c1ccc(Cl)c(F)c1. The largest absolute Gasteiger partial charge is 0.347 e. The maximum absolute atomic E-state index is 14.1. The molecule has 0 bridgehead atoms. The number of anilines is 1. The second kappa shape index (κ2) is 11.8. The van der Waals surface area contributed by atoms with Gasteiger partial charge in [-0.15, -0.1) is 0 Å². The summed E-state index contributed by atoms with van der Waals surface area (Å²) in [5.74, 6) is 0.132. The van der Waals surface area contributed by atoms with E-state index in [-0.39, 0.29) is 17.2 Å². The molecule has 1 aliphatic rings. The van der Waals surface area contributed by atoms with Crippen molar-refractivity contribution in [1.29, 1.82) is 0 Å². The molecule has 0 fully saturated rings. The summed E-state index contributed by atoms with van der Waals surface area (Å²) in [5.41, 5.74) is 3.65. The number of nitrogens with one attached hydrogen (secondary N) is 1. The van der Waals surface area contributed by atoms with Crippen LogP contribution in [0.15, 0.2) is 66.7 Å². The van der Waals surface area contributed by atoms with Crippen LogP contribution < -0.4 is 5.32 Å². The first-order valence-electron chi connectivity index (χ1n) is 11.5. The van der Waals surface area contributed by atoms with Crippen LogP contribution >= 0.6 is 11.6 Å². The first kappa shape index (κ1) is 25.4. The van der Waals surface area contributed by atoms with E-state index < -0.39 is 5.82 Å². The smallest absolute Gasteiger partial charge is 0.224 e. The number of allylic oxidation sites excluding steroid dienone is 3. The van der Waals surface area contributed by atoms with E-state index >= 15 is 0 Å². The number of aromatic nitrogens is 2. The fourth-order valence-corrected chi connectivity index (χ4v) is 4.11. The van der Waals surface area contributed by atoms with Crippen molar-refractivity contribution in [2.24, 2.45) is 5.10 Å².